The normalized spacial score (nSPS) is 10.8. The third-order valence-electron chi connectivity index (χ3n) is 4.72. The summed E-state index contributed by atoms with van der Waals surface area (Å²) in [7, 11) is 0. The number of thioether (sulfide) groups is 1. The van der Waals surface area contributed by atoms with Gasteiger partial charge < -0.3 is 9.42 Å². The average molecular weight is 396 g/mol. The Morgan fingerprint density at radius 2 is 1.93 bits per heavy atom. The van der Waals surface area contributed by atoms with Gasteiger partial charge in [0.15, 0.2) is 0 Å². The van der Waals surface area contributed by atoms with Crippen LogP contribution in [0.3, 0.4) is 0 Å². The molecule has 0 bridgehead atoms. The van der Waals surface area contributed by atoms with Crippen LogP contribution >= 0.6 is 11.8 Å². The van der Waals surface area contributed by atoms with Crippen LogP contribution in [0, 0.1) is 13.8 Å². The molecular formula is C22H25N3O2S. The molecule has 0 saturated carbocycles. The second-order valence-electron chi connectivity index (χ2n) is 6.57. The lowest BCUT2D eigenvalue weighted by Crippen LogP contribution is -2.33. The van der Waals surface area contributed by atoms with Crippen molar-refractivity contribution in [2.45, 2.75) is 38.0 Å². The van der Waals surface area contributed by atoms with Crippen LogP contribution < -0.4 is 0 Å². The molecule has 0 spiro atoms. The number of benzene rings is 1. The quantitative estimate of drug-likeness (QED) is 0.518. The molecule has 0 aliphatic heterocycles. The van der Waals surface area contributed by atoms with E-state index in [2.05, 4.69) is 22.3 Å². The number of likely N-dealkylation sites (N-methyl/N-ethyl adjacent to an activating group) is 1. The van der Waals surface area contributed by atoms with E-state index in [1.54, 1.807) is 18.0 Å². The Balaban J connectivity index is 1.71. The van der Waals surface area contributed by atoms with E-state index < -0.39 is 0 Å². The monoisotopic (exact) mass is 395 g/mol. The Bertz CT molecular complexity index is 905. The zero-order valence-electron chi connectivity index (χ0n) is 16.5. The molecule has 5 nitrogen and oxygen atoms in total. The van der Waals surface area contributed by atoms with Crippen molar-refractivity contribution >= 4 is 17.7 Å². The highest BCUT2D eigenvalue weighted by atomic mass is 32.2. The molecule has 28 heavy (non-hydrogen) atoms. The maximum atomic E-state index is 13.2. The molecule has 3 aromatic rings. The van der Waals surface area contributed by atoms with E-state index in [4.69, 9.17) is 4.52 Å². The smallest absolute Gasteiger partial charge is 0.256 e. The fourth-order valence-electron chi connectivity index (χ4n) is 3.00. The first-order valence-electron chi connectivity index (χ1n) is 9.43. The topological polar surface area (TPSA) is 59.2 Å². The molecule has 0 fully saturated rings. The summed E-state index contributed by atoms with van der Waals surface area (Å²) in [6.07, 6.45) is 2.56. The predicted octanol–water partition coefficient (Wildman–Crippen LogP) is 4.68. The fraction of sp³-hybridized carbons (Fsp3) is 0.318. The Labute approximate surface area is 170 Å². The van der Waals surface area contributed by atoms with Gasteiger partial charge in [-0.3, -0.25) is 4.79 Å². The van der Waals surface area contributed by atoms with Crippen LogP contribution in [0.15, 0.2) is 58.2 Å². The van der Waals surface area contributed by atoms with E-state index in [1.165, 1.54) is 5.56 Å². The third-order valence-corrected chi connectivity index (χ3v) is 5.75. The highest BCUT2D eigenvalue weighted by Gasteiger charge is 2.19. The van der Waals surface area contributed by atoms with Crippen LogP contribution in [0.2, 0.25) is 0 Å². The number of aromatic nitrogens is 2. The zero-order chi connectivity index (χ0) is 19.9. The maximum Gasteiger partial charge on any atom is 0.256 e. The van der Waals surface area contributed by atoms with E-state index in [-0.39, 0.29) is 5.91 Å². The number of carbonyl (C=O) groups is 1. The van der Waals surface area contributed by atoms with Crippen LogP contribution in [0.1, 0.15) is 39.9 Å². The van der Waals surface area contributed by atoms with Gasteiger partial charge in [-0.1, -0.05) is 35.5 Å². The predicted molar refractivity (Wildman–Crippen MR) is 111 cm³/mol. The molecule has 0 aliphatic carbocycles. The molecule has 0 atom stereocenters. The van der Waals surface area contributed by atoms with Gasteiger partial charge in [-0.15, -0.1) is 11.8 Å². The minimum absolute atomic E-state index is 0.0211. The molecule has 146 valence electrons. The third kappa shape index (κ3) is 4.81. The summed E-state index contributed by atoms with van der Waals surface area (Å²) in [5.74, 6) is 1.51. The molecule has 0 unspecified atom stereocenters. The van der Waals surface area contributed by atoms with Crippen molar-refractivity contribution in [3.63, 3.8) is 0 Å². The highest BCUT2D eigenvalue weighted by Crippen LogP contribution is 2.27. The molecule has 3 rings (SSSR count). The summed E-state index contributed by atoms with van der Waals surface area (Å²) in [5.41, 5.74) is 3.82. The van der Waals surface area contributed by atoms with E-state index in [0.29, 0.717) is 24.4 Å². The first-order chi connectivity index (χ1) is 13.6. The molecule has 2 heterocycles. The lowest BCUT2D eigenvalue weighted by Gasteiger charge is -2.22. The van der Waals surface area contributed by atoms with E-state index in [0.717, 1.165) is 28.5 Å². The van der Waals surface area contributed by atoms with Crippen LogP contribution in [0.4, 0.5) is 0 Å². The van der Waals surface area contributed by atoms with Crippen LogP contribution in [-0.4, -0.2) is 34.0 Å². The van der Waals surface area contributed by atoms with Crippen molar-refractivity contribution in [2.24, 2.45) is 0 Å². The van der Waals surface area contributed by atoms with E-state index in [9.17, 15) is 4.79 Å². The molecule has 0 radical (unpaired) electrons. The van der Waals surface area contributed by atoms with Gasteiger partial charge in [-0.25, -0.2) is 4.98 Å². The zero-order valence-corrected chi connectivity index (χ0v) is 17.3. The maximum absolute atomic E-state index is 13.2. The molecule has 1 aromatic carbocycles. The number of nitrogens with zero attached hydrogens (tertiary/aromatic N) is 3. The molecule has 0 aliphatic rings. The SMILES string of the molecule is CCN(CCc1ccccc1)C(=O)c1cccnc1SCc1c(C)noc1C. The van der Waals surface area contributed by atoms with Gasteiger partial charge in [-0.2, -0.15) is 0 Å². The first kappa shape index (κ1) is 20.1. The van der Waals surface area contributed by atoms with Gasteiger partial charge in [0.2, 0.25) is 0 Å². The van der Waals surface area contributed by atoms with Crippen LogP contribution in [-0.2, 0) is 12.2 Å². The van der Waals surface area contributed by atoms with Crippen LogP contribution in [0.5, 0.6) is 0 Å². The van der Waals surface area contributed by atoms with Gasteiger partial charge in [0.25, 0.3) is 5.91 Å². The van der Waals surface area contributed by atoms with Crippen molar-refractivity contribution in [1.29, 1.82) is 0 Å². The Morgan fingerprint density at radius 1 is 1.14 bits per heavy atom. The van der Waals surface area contributed by atoms with Gasteiger partial charge in [-0.05, 0) is 44.9 Å². The number of pyridine rings is 1. The van der Waals surface area contributed by atoms with Crippen molar-refractivity contribution in [2.75, 3.05) is 13.1 Å². The average Bonchev–Trinajstić information content (AvgIpc) is 3.05. The van der Waals surface area contributed by atoms with Crippen molar-refractivity contribution in [1.82, 2.24) is 15.0 Å². The molecule has 6 heteroatoms. The number of aryl methyl sites for hydroxylation is 2. The summed E-state index contributed by atoms with van der Waals surface area (Å²) >= 11 is 1.55. The summed E-state index contributed by atoms with van der Waals surface area (Å²) in [5, 5.41) is 4.74. The summed E-state index contributed by atoms with van der Waals surface area (Å²) in [6.45, 7) is 7.19. The van der Waals surface area contributed by atoms with E-state index >= 15 is 0 Å². The van der Waals surface area contributed by atoms with Crippen molar-refractivity contribution in [3.8, 4) is 0 Å². The van der Waals surface area contributed by atoms with Crippen LogP contribution in [0.25, 0.3) is 0 Å². The van der Waals surface area contributed by atoms with Crippen molar-refractivity contribution in [3.05, 3.63) is 76.8 Å². The summed E-state index contributed by atoms with van der Waals surface area (Å²) in [6, 6.07) is 13.9. The summed E-state index contributed by atoms with van der Waals surface area (Å²) < 4.78 is 5.23. The second-order valence-corrected chi connectivity index (χ2v) is 7.53. The Kier molecular flexibility index (Phi) is 6.87. The van der Waals surface area contributed by atoms with Gasteiger partial charge in [0, 0.05) is 30.6 Å². The van der Waals surface area contributed by atoms with Crippen molar-refractivity contribution < 1.29 is 9.32 Å². The molecule has 0 N–H and O–H groups in total. The molecule has 1 amide bonds. The number of amides is 1. The van der Waals surface area contributed by atoms with Gasteiger partial charge in [0.05, 0.1) is 11.3 Å². The minimum Gasteiger partial charge on any atom is -0.361 e. The number of carbonyl (C=O) groups excluding carboxylic acids is 1. The lowest BCUT2D eigenvalue weighted by atomic mass is 10.1. The highest BCUT2D eigenvalue weighted by molar-refractivity contribution is 7.98. The Morgan fingerprint density at radius 3 is 2.61 bits per heavy atom. The van der Waals surface area contributed by atoms with Gasteiger partial charge >= 0.3 is 0 Å². The Hall–Kier alpha value is -2.60. The standard InChI is InChI=1S/C22H25N3O2S/c1-4-25(14-12-18-9-6-5-7-10-18)22(26)19-11-8-13-23-21(19)28-15-20-16(2)24-27-17(20)3/h5-11,13H,4,12,14-15H2,1-3H3. The minimum atomic E-state index is 0.0211. The lowest BCUT2D eigenvalue weighted by molar-refractivity contribution is 0.0762. The largest absolute Gasteiger partial charge is 0.361 e. The van der Waals surface area contributed by atoms with Gasteiger partial charge in [0.1, 0.15) is 10.8 Å². The number of rotatable bonds is 8. The fourth-order valence-corrected chi connectivity index (χ4v) is 4.14. The molecular weight excluding hydrogens is 370 g/mol. The molecule has 0 saturated heterocycles. The molecule has 2 aromatic heterocycles. The first-order valence-corrected chi connectivity index (χ1v) is 10.4. The summed E-state index contributed by atoms with van der Waals surface area (Å²) in [4.78, 5) is 19.5. The second kappa shape index (κ2) is 9.55. The number of hydrogen-bond donors (Lipinski definition) is 0. The van der Waals surface area contributed by atoms with E-state index in [1.807, 2.05) is 56.0 Å². The number of hydrogen-bond acceptors (Lipinski definition) is 5.